The van der Waals surface area contributed by atoms with E-state index in [1.807, 2.05) is 23.1 Å². The second-order valence-corrected chi connectivity index (χ2v) is 3.99. The molecule has 0 atom stereocenters. The van der Waals surface area contributed by atoms with E-state index in [9.17, 15) is 0 Å². The highest BCUT2D eigenvalue weighted by molar-refractivity contribution is 5.09. The summed E-state index contributed by atoms with van der Waals surface area (Å²) in [5, 5.41) is 7.64. The van der Waals surface area contributed by atoms with E-state index in [-0.39, 0.29) is 0 Å². The third-order valence-corrected chi connectivity index (χ3v) is 2.65. The molecule has 2 aromatic heterocycles. The van der Waals surface area contributed by atoms with Crippen LogP contribution in [0.15, 0.2) is 36.9 Å². The van der Waals surface area contributed by atoms with Crippen LogP contribution in [-0.4, -0.2) is 21.3 Å². The minimum Gasteiger partial charge on any atom is -0.312 e. The van der Waals surface area contributed by atoms with Gasteiger partial charge in [-0.2, -0.15) is 5.10 Å². The maximum atomic E-state index is 4.24. The lowest BCUT2D eigenvalue weighted by molar-refractivity contribution is 0.655. The van der Waals surface area contributed by atoms with Crippen molar-refractivity contribution in [3.05, 3.63) is 48.0 Å². The number of pyridine rings is 1. The second kappa shape index (κ2) is 6.15. The summed E-state index contributed by atoms with van der Waals surface area (Å²) in [5.41, 5.74) is 2.50. The minimum atomic E-state index is 0.875. The molecule has 0 unspecified atom stereocenters. The monoisotopic (exact) mass is 230 g/mol. The van der Waals surface area contributed by atoms with Crippen molar-refractivity contribution in [2.75, 3.05) is 6.54 Å². The van der Waals surface area contributed by atoms with E-state index in [0.29, 0.717) is 0 Å². The van der Waals surface area contributed by atoms with E-state index in [4.69, 9.17) is 0 Å². The lowest BCUT2D eigenvalue weighted by Gasteiger charge is -2.02. The van der Waals surface area contributed by atoms with Crippen LogP contribution in [-0.2, 0) is 19.5 Å². The highest BCUT2D eigenvalue weighted by Gasteiger charge is 1.97. The van der Waals surface area contributed by atoms with Crippen molar-refractivity contribution in [2.45, 2.75) is 26.4 Å². The second-order valence-electron chi connectivity index (χ2n) is 3.99. The number of nitrogens with zero attached hydrogens (tertiary/aromatic N) is 3. The molecule has 2 heterocycles. The Morgan fingerprint density at radius 2 is 2.24 bits per heavy atom. The van der Waals surface area contributed by atoms with Gasteiger partial charge < -0.3 is 5.32 Å². The average molecular weight is 230 g/mol. The number of nitrogens with one attached hydrogen (secondary N) is 1. The first-order valence-electron chi connectivity index (χ1n) is 5.99. The molecule has 0 aliphatic rings. The standard InChI is InChI=1S/C13H18N4/c1-2-17-11-13(10-16-17)9-15-7-5-12-4-3-6-14-8-12/h3-4,6,8,10-11,15H,2,5,7,9H2,1H3. The van der Waals surface area contributed by atoms with Gasteiger partial charge in [0.15, 0.2) is 0 Å². The Balaban J connectivity index is 1.69. The van der Waals surface area contributed by atoms with E-state index in [0.717, 1.165) is 26.1 Å². The predicted octanol–water partition coefficient (Wildman–Crippen LogP) is 1.63. The van der Waals surface area contributed by atoms with E-state index in [2.05, 4.69) is 34.6 Å². The maximum Gasteiger partial charge on any atom is 0.0534 e. The summed E-state index contributed by atoms with van der Waals surface area (Å²) < 4.78 is 1.94. The van der Waals surface area contributed by atoms with Gasteiger partial charge in [-0.25, -0.2) is 0 Å². The largest absolute Gasteiger partial charge is 0.312 e. The zero-order valence-electron chi connectivity index (χ0n) is 10.1. The highest BCUT2D eigenvalue weighted by atomic mass is 15.3. The quantitative estimate of drug-likeness (QED) is 0.767. The molecule has 0 bridgehead atoms. The normalized spacial score (nSPS) is 10.6. The fourth-order valence-electron chi connectivity index (χ4n) is 1.68. The Bertz CT molecular complexity index is 436. The summed E-state index contributed by atoms with van der Waals surface area (Å²) in [7, 11) is 0. The zero-order valence-corrected chi connectivity index (χ0v) is 10.1. The predicted molar refractivity (Wildman–Crippen MR) is 67.5 cm³/mol. The van der Waals surface area contributed by atoms with E-state index < -0.39 is 0 Å². The first kappa shape index (κ1) is 11.8. The fraction of sp³-hybridized carbons (Fsp3) is 0.385. The van der Waals surface area contributed by atoms with Crippen molar-refractivity contribution in [2.24, 2.45) is 0 Å². The summed E-state index contributed by atoms with van der Waals surface area (Å²) in [4.78, 5) is 4.09. The van der Waals surface area contributed by atoms with E-state index in [1.165, 1.54) is 11.1 Å². The van der Waals surface area contributed by atoms with Crippen LogP contribution in [0.2, 0.25) is 0 Å². The van der Waals surface area contributed by atoms with Gasteiger partial charge in [0.05, 0.1) is 6.20 Å². The van der Waals surface area contributed by atoms with Crippen LogP contribution in [0.25, 0.3) is 0 Å². The molecule has 2 rings (SSSR count). The number of rotatable bonds is 6. The molecular formula is C13H18N4. The summed E-state index contributed by atoms with van der Waals surface area (Å²) >= 11 is 0. The topological polar surface area (TPSA) is 42.7 Å². The molecule has 4 heteroatoms. The van der Waals surface area contributed by atoms with Gasteiger partial charge in [0.2, 0.25) is 0 Å². The Hall–Kier alpha value is -1.68. The van der Waals surface area contributed by atoms with Crippen molar-refractivity contribution >= 4 is 0 Å². The Labute approximate surface area is 102 Å². The molecule has 0 radical (unpaired) electrons. The van der Waals surface area contributed by atoms with Crippen LogP contribution in [0.4, 0.5) is 0 Å². The molecule has 0 aliphatic carbocycles. The number of hydrogen-bond donors (Lipinski definition) is 1. The lowest BCUT2D eigenvalue weighted by Crippen LogP contribution is -2.16. The van der Waals surface area contributed by atoms with Gasteiger partial charge in [0, 0.05) is 37.2 Å². The average Bonchev–Trinajstić information content (AvgIpc) is 2.84. The SMILES string of the molecule is CCn1cc(CNCCc2cccnc2)cn1. The summed E-state index contributed by atoms with van der Waals surface area (Å²) in [6, 6.07) is 4.07. The van der Waals surface area contributed by atoms with Crippen molar-refractivity contribution in [1.82, 2.24) is 20.1 Å². The Morgan fingerprint density at radius 1 is 1.29 bits per heavy atom. The van der Waals surface area contributed by atoms with Crippen molar-refractivity contribution in [3.63, 3.8) is 0 Å². The van der Waals surface area contributed by atoms with Gasteiger partial charge >= 0.3 is 0 Å². The van der Waals surface area contributed by atoms with Crippen LogP contribution in [0.5, 0.6) is 0 Å². The maximum absolute atomic E-state index is 4.24. The molecule has 0 aromatic carbocycles. The molecule has 0 amide bonds. The molecular weight excluding hydrogens is 212 g/mol. The molecule has 17 heavy (non-hydrogen) atoms. The molecule has 0 aliphatic heterocycles. The molecule has 0 fully saturated rings. The first-order valence-corrected chi connectivity index (χ1v) is 5.99. The summed E-state index contributed by atoms with van der Waals surface area (Å²) in [6.45, 7) is 4.85. The van der Waals surface area contributed by atoms with Crippen LogP contribution in [0, 0.1) is 0 Å². The number of hydrogen-bond acceptors (Lipinski definition) is 3. The van der Waals surface area contributed by atoms with Gasteiger partial charge in [0.25, 0.3) is 0 Å². The molecule has 1 N–H and O–H groups in total. The first-order chi connectivity index (χ1) is 8.38. The van der Waals surface area contributed by atoms with Gasteiger partial charge in [-0.05, 0) is 31.5 Å². The molecule has 4 nitrogen and oxygen atoms in total. The van der Waals surface area contributed by atoms with Crippen LogP contribution in [0.1, 0.15) is 18.1 Å². The minimum absolute atomic E-state index is 0.875. The zero-order chi connectivity index (χ0) is 11.9. The Kier molecular flexibility index (Phi) is 4.27. The van der Waals surface area contributed by atoms with Crippen molar-refractivity contribution < 1.29 is 0 Å². The van der Waals surface area contributed by atoms with Crippen LogP contribution in [0.3, 0.4) is 0 Å². The van der Waals surface area contributed by atoms with Crippen molar-refractivity contribution in [1.29, 1.82) is 0 Å². The van der Waals surface area contributed by atoms with Gasteiger partial charge in [-0.15, -0.1) is 0 Å². The van der Waals surface area contributed by atoms with Gasteiger partial charge in [0.1, 0.15) is 0 Å². The Morgan fingerprint density at radius 3 is 2.94 bits per heavy atom. The summed E-state index contributed by atoms with van der Waals surface area (Å²) in [6.07, 6.45) is 8.72. The highest BCUT2D eigenvalue weighted by Crippen LogP contribution is 1.98. The molecule has 2 aromatic rings. The smallest absolute Gasteiger partial charge is 0.0534 e. The molecule has 0 saturated carbocycles. The van der Waals surface area contributed by atoms with Gasteiger partial charge in [-0.1, -0.05) is 6.07 Å². The van der Waals surface area contributed by atoms with Crippen LogP contribution >= 0.6 is 0 Å². The van der Waals surface area contributed by atoms with Gasteiger partial charge in [-0.3, -0.25) is 9.67 Å². The van der Waals surface area contributed by atoms with Crippen molar-refractivity contribution in [3.8, 4) is 0 Å². The van der Waals surface area contributed by atoms with E-state index >= 15 is 0 Å². The molecule has 0 saturated heterocycles. The lowest BCUT2D eigenvalue weighted by atomic mass is 10.2. The van der Waals surface area contributed by atoms with Crippen LogP contribution < -0.4 is 5.32 Å². The number of aryl methyl sites for hydroxylation is 1. The summed E-state index contributed by atoms with van der Waals surface area (Å²) in [5.74, 6) is 0. The third-order valence-electron chi connectivity index (χ3n) is 2.65. The molecule has 0 spiro atoms. The third kappa shape index (κ3) is 3.67. The molecule has 90 valence electrons. The number of aromatic nitrogens is 3. The fourth-order valence-corrected chi connectivity index (χ4v) is 1.68. The van der Waals surface area contributed by atoms with E-state index in [1.54, 1.807) is 6.20 Å².